The fourth-order valence-electron chi connectivity index (χ4n) is 4.01. The molecule has 28 heavy (non-hydrogen) atoms. The number of nitrogens with one attached hydrogen (secondary N) is 2. The Balaban J connectivity index is 0.00000280. The molecule has 6 nitrogen and oxygen atoms in total. The fraction of sp³-hybridized carbons (Fsp3) is 0.714. The molecule has 0 bridgehead atoms. The maximum atomic E-state index is 4.69. The van der Waals surface area contributed by atoms with Gasteiger partial charge in [0.2, 0.25) is 0 Å². The molecule has 7 heteroatoms. The van der Waals surface area contributed by atoms with E-state index >= 15 is 0 Å². The Kier molecular flexibility index (Phi) is 9.27. The summed E-state index contributed by atoms with van der Waals surface area (Å²) in [5.74, 6) is 1.97. The van der Waals surface area contributed by atoms with Crippen molar-refractivity contribution in [2.24, 2.45) is 10.4 Å². The molecular weight excluding hydrogens is 463 g/mol. The summed E-state index contributed by atoms with van der Waals surface area (Å²) in [6, 6.07) is 4.32. The number of anilines is 1. The van der Waals surface area contributed by atoms with Crippen molar-refractivity contribution in [2.45, 2.75) is 46.1 Å². The molecule has 2 fully saturated rings. The standard InChI is InChI=1S/C21H36N6.HI/c1-4-21(9-6-10-21)17-25-20(22-3)24-16-18-7-8-19(23-15-18)27-13-11-26(5-2)12-14-27;/h7-8,15H,4-6,9-14,16-17H2,1-3H3,(H2,22,24,25);1H. The van der Waals surface area contributed by atoms with Crippen molar-refractivity contribution in [3.05, 3.63) is 23.9 Å². The van der Waals surface area contributed by atoms with Crippen LogP contribution in [0.5, 0.6) is 0 Å². The number of aromatic nitrogens is 1. The van der Waals surface area contributed by atoms with Crippen molar-refractivity contribution in [2.75, 3.05) is 51.2 Å². The van der Waals surface area contributed by atoms with Crippen LogP contribution in [0.25, 0.3) is 0 Å². The number of rotatable bonds is 7. The van der Waals surface area contributed by atoms with Gasteiger partial charge in [-0.25, -0.2) is 4.98 Å². The van der Waals surface area contributed by atoms with Crippen LogP contribution in [-0.4, -0.2) is 62.2 Å². The van der Waals surface area contributed by atoms with E-state index < -0.39 is 0 Å². The first-order chi connectivity index (χ1) is 13.2. The quantitative estimate of drug-likeness (QED) is 0.343. The number of hydrogen-bond donors (Lipinski definition) is 2. The van der Waals surface area contributed by atoms with Gasteiger partial charge in [0.25, 0.3) is 0 Å². The topological polar surface area (TPSA) is 55.8 Å². The predicted molar refractivity (Wildman–Crippen MR) is 129 cm³/mol. The second-order valence-corrected chi connectivity index (χ2v) is 7.93. The van der Waals surface area contributed by atoms with Crippen LogP contribution in [0.2, 0.25) is 0 Å². The Hall–Kier alpha value is -1.09. The molecule has 0 amide bonds. The fourth-order valence-corrected chi connectivity index (χ4v) is 4.01. The van der Waals surface area contributed by atoms with Crippen LogP contribution in [0.4, 0.5) is 5.82 Å². The lowest BCUT2D eigenvalue weighted by atomic mass is 9.67. The molecule has 0 atom stereocenters. The smallest absolute Gasteiger partial charge is 0.191 e. The van der Waals surface area contributed by atoms with Crippen LogP contribution < -0.4 is 15.5 Å². The summed E-state index contributed by atoms with van der Waals surface area (Å²) in [5.41, 5.74) is 1.67. The molecule has 158 valence electrons. The highest BCUT2D eigenvalue weighted by molar-refractivity contribution is 14.0. The number of guanidine groups is 1. The Morgan fingerprint density at radius 2 is 1.89 bits per heavy atom. The van der Waals surface area contributed by atoms with Gasteiger partial charge in [-0.15, -0.1) is 24.0 Å². The van der Waals surface area contributed by atoms with Crippen molar-refractivity contribution < 1.29 is 0 Å². The van der Waals surface area contributed by atoms with E-state index in [2.05, 4.69) is 56.4 Å². The molecule has 3 rings (SSSR count). The SMILES string of the molecule is CCN1CCN(c2ccc(CNC(=NC)NCC3(CC)CCC3)cn2)CC1.I. The molecule has 2 heterocycles. The van der Waals surface area contributed by atoms with Gasteiger partial charge in [0.15, 0.2) is 5.96 Å². The van der Waals surface area contributed by atoms with Crippen molar-refractivity contribution in [3.63, 3.8) is 0 Å². The number of piperazine rings is 1. The van der Waals surface area contributed by atoms with Gasteiger partial charge in [0.1, 0.15) is 5.82 Å². The summed E-state index contributed by atoms with van der Waals surface area (Å²) in [6.45, 7) is 11.8. The number of hydrogen-bond acceptors (Lipinski definition) is 4. The molecule has 1 aromatic heterocycles. The van der Waals surface area contributed by atoms with Crippen molar-refractivity contribution >= 4 is 35.8 Å². The number of halogens is 1. The van der Waals surface area contributed by atoms with E-state index in [9.17, 15) is 0 Å². The van der Waals surface area contributed by atoms with Gasteiger partial charge in [0, 0.05) is 52.5 Å². The van der Waals surface area contributed by atoms with Gasteiger partial charge in [-0.1, -0.05) is 26.3 Å². The minimum atomic E-state index is 0. The monoisotopic (exact) mass is 500 g/mol. The molecule has 0 unspecified atom stereocenters. The molecule has 1 saturated heterocycles. The lowest BCUT2D eigenvalue weighted by molar-refractivity contribution is 0.131. The van der Waals surface area contributed by atoms with Gasteiger partial charge in [-0.3, -0.25) is 4.99 Å². The third kappa shape index (κ3) is 5.95. The van der Waals surface area contributed by atoms with E-state index in [1.165, 1.54) is 31.2 Å². The van der Waals surface area contributed by atoms with Crippen LogP contribution in [0.15, 0.2) is 23.3 Å². The third-order valence-electron chi connectivity index (χ3n) is 6.43. The highest BCUT2D eigenvalue weighted by Crippen LogP contribution is 2.42. The minimum absolute atomic E-state index is 0. The lowest BCUT2D eigenvalue weighted by Crippen LogP contribution is -2.46. The van der Waals surface area contributed by atoms with Crippen LogP contribution in [0, 0.1) is 5.41 Å². The number of aliphatic imine (C=N–C) groups is 1. The van der Waals surface area contributed by atoms with E-state index in [-0.39, 0.29) is 24.0 Å². The summed E-state index contributed by atoms with van der Waals surface area (Å²) < 4.78 is 0. The van der Waals surface area contributed by atoms with Crippen molar-refractivity contribution in [1.29, 1.82) is 0 Å². The average molecular weight is 500 g/mol. The first-order valence-corrected chi connectivity index (χ1v) is 10.5. The lowest BCUT2D eigenvalue weighted by Gasteiger charge is -2.41. The minimum Gasteiger partial charge on any atom is -0.356 e. The summed E-state index contributed by atoms with van der Waals surface area (Å²) in [6.07, 6.45) is 7.28. The normalized spacial score (nSPS) is 19.5. The molecule has 1 aliphatic carbocycles. The zero-order valence-electron chi connectivity index (χ0n) is 17.7. The summed E-state index contributed by atoms with van der Waals surface area (Å²) in [5, 5.41) is 6.93. The molecule has 1 aromatic rings. The molecule has 1 aliphatic heterocycles. The highest BCUT2D eigenvalue weighted by Gasteiger charge is 2.34. The molecule has 0 spiro atoms. The third-order valence-corrected chi connectivity index (χ3v) is 6.43. The summed E-state index contributed by atoms with van der Waals surface area (Å²) >= 11 is 0. The summed E-state index contributed by atoms with van der Waals surface area (Å²) in [4.78, 5) is 13.9. The highest BCUT2D eigenvalue weighted by atomic mass is 127. The van der Waals surface area contributed by atoms with E-state index in [0.29, 0.717) is 5.41 Å². The zero-order valence-corrected chi connectivity index (χ0v) is 20.0. The first-order valence-electron chi connectivity index (χ1n) is 10.5. The number of likely N-dealkylation sites (N-methyl/N-ethyl adjacent to an activating group) is 1. The van der Waals surface area contributed by atoms with E-state index in [4.69, 9.17) is 0 Å². The Bertz CT molecular complexity index is 600. The summed E-state index contributed by atoms with van der Waals surface area (Å²) in [7, 11) is 1.84. The molecule has 1 saturated carbocycles. The van der Waals surface area contributed by atoms with Gasteiger partial charge in [-0.2, -0.15) is 0 Å². The Morgan fingerprint density at radius 3 is 2.39 bits per heavy atom. The largest absolute Gasteiger partial charge is 0.356 e. The molecule has 0 aromatic carbocycles. The van der Waals surface area contributed by atoms with Gasteiger partial charge in [-0.05, 0) is 42.9 Å². The van der Waals surface area contributed by atoms with Crippen LogP contribution >= 0.6 is 24.0 Å². The van der Waals surface area contributed by atoms with Crippen LogP contribution in [-0.2, 0) is 6.54 Å². The molecule has 2 aliphatic rings. The Labute approximate surface area is 187 Å². The molecule has 2 N–H and O–H groups in total. The number of nitrogens with zero attached hydrogens (tertiary/aromatic N) is 4. The van der Waals surface area contributed by atoms with E-state index in [1.54, 1.807) is 0 Å². The second kappa shape index (κ2) is 11.2. The average Bonchev–Trinajstić information content (AvgIpc) is 2.70. The van der Waals surface area contributed by atoms with Crippen molar-refractivity contribution in [3.8, 4) is 0 Å². The number of pyridine rings is 1. The van der Waals surface area contributed by atoms with E-state index in [0.717, 1.165) is 57.6 Å². The first kappa shape index (κ1) is 23.2. The second-order valence-electron chi connectivity index (χ2n) is 7.93. The maximum Gasteiger partial charge on any atom is 0.191 e. The van der Waals surface area contributed by atoms with Crippen LogP contribution in [0.1, 0.15) is 45.1 Å². The molecule has 0 radical (unpaired) electrons. The van der Waals surface area contributed by atoms with Crippen molar-refractivity contribution in [1.82, 2.24) is 20.5 Å². The Morgan fingerprint density at radius 1 is 1.14 bits per heavy atom. The van der Waals surface area contributed by atoms with Gasteiger partial charge >= 0.3 is 0 Å². The van der Waals surface area contributed by atoms with E-state index in [1.807, 2.05) is 13.2 Å². The van der Waals surface area contributed by atoms with Gasteiger partial charge in [0.05, 0.1) is 0 Å². The molecular formula is C21H37IN6. The maximum absolute atomic E-state index is 4.69. The van der Waals surface area contributed by atoms with Crippen LogP contribution in [0.3, 0.4) is 0 Å². The van der Waals surface area contributed by atoms with Gasteiger partial charge < -0.3 is 20.4 Å². The predicted octanol–water partition coefficient (Wildman–Crippen LogP) is 3.09. The zero-order chi connectivity index (χ0) is 19.1.